The molecule has 0 atom stereocenters. The maximum Gasteiger partial charge on any atom is 0.182 e. The van der Waals surface area contributed by atoms with E-state index >= 15 is 0 Å². The number of benzene rings is 2. The summed E-state index contributed by atoms with van der Waals surface area (Å²) in [6, 6.07) is 23.4. The Kier molecular flexibility index (Phi) is 3.21. The molecule has 0 fully saturated rings. The van der Waals surface area contributed by atoms with E-state index in [0.29, 0.717) is 0 Å². The van der Waals surface area contributed by atoms with E-state index in [4.69, 9.17) is 0 Å². The Balaban J connectivity index is 2.32. The van der Waals surface area contributed by atoms with Gasteiger partial charge in [-0.15, -0.1) is 0 Å². The molecule has 0 aliphatic carbocycles. The summed E-state index contributed by atoms with van der Waals surface area (Å²) < 4.78 is 2.11. The molecule has 98 valence electrons. The predicted octanol–water partition coefficient (Wildman–Crippen LogP) is 3.81. The quantitative estimate of drug-likeness (QED) is 0.687. The normalized spacial score (nSPS) is 10.4. The number of hydrogen-bond donors (Lipinski definition) is 0. The number of para-hydroxylation sites is 1. The molecular formula is C18H15NO. The van der Waals surface area contributed by atoms with Crippen molar-refractivity contribution >= 4 is 0 Å². The largest absolute Gasteiger partial charge is 0.314 e. The smallest absolute Gasteiger partial charge is 0.182 e. The van der Waals surface area contributed by atoms with E-state index in [-0.39, 0.29) is 5.43 Å². The second-order valence-electron chi connectivity index (χ2n) is 4.75. The van der Waals surface area contributed by atoms with Crippen molar-refractivity contribution in [3.63, 3.8) is 0 Å². The van der Waals surface area contributed by atoms with Gasteiger partial charge >= 0.3 is 0 Å². The van der Waals surface area contributed by atoms with Crippen LogP contribution < -0.4 is 5.43 Å². The Bertz CT molecular complexity index is 774. The van der Waals surface area contributed by atoms with Crippen LogP contribution in [0.1, 0.15) is 5.69 Å². The third-order valence-electron chi connectivity index (χ3n) is 3.31. The monoisotopic (exact) mass is 261 g/mol. The zero-order valence-electron chi connectivity index (χ0n) is 11.3. The molecular weight excluding hydrogens is 246 g/mol. The minimum atomic E-state index is 0.0357. The van der Waals surface area contributed by atoms with Gasteiger partial charge in [0.1, 0.15) is 0 Å². The third kappa shape index (κ3) is 2.28. The van der Waals surface area contributed by atoms with Gasteiger partial charge < -0.3 is 4.57 Å². The predicted molar refractivity (Wildman–Crippen MR) is 82.2 cm³/mol. The molecule has 2 heteroatoms. The highest BCUT2D eigenvalue weighted by atomic mass is 16.1. The molecule has 3 aromatic rings. The zero-order valence-corrected chi connectivity index (χ0v) is 11.3. The van der Waals surface area contributed by atoms with Crippen LogP contribution in [-0.4, -0.2) is 4.57 Å². The van der Waals surface area contributed by atoms with Crippen LogP contribution in [0.5, 0.6) is 0 Å². The first-order valence-electron chi connectivity index (χ1n) is 6.60. The van der Waals surface area contributed by atoms with Crippen LogP contribution in [0.15, 0.2) is 77.6 Å². The van der Waals surface area contributed by atoms with E-state index in [1.807, 2.05) is 67.6 Å². The van der Waals surface area contributed by atoms with Crippen molar-refractivity contribution in [1.82, 2.24) is 4.57 Å². The number of nitrogens with zero attached hydrogens (tertiary/aromatic N) is 1. The van der Waals surface area contributed by atoms with Crippen molar-refractivity contribution in [3.05, 3.63) is 88.7 Å². The lowest BCUT2D eigenvalue weighted by Gasteiger charge is -2.17. The fourth-order valence-corrected chi connectivity index (χ4v) is 2.44. The van der Waals surface area contributed by atoms with Gasteiger partial charge in [0.05, 0.1) is 5.69 Å². The molecule has 0 amide bonds. The number of aromatic nitrogens is 1. The van der Waals surface area contributed by atoms with Gasteiger partial charge in [-0.1, -0.05) is 48.5 Å². The Hall–Kier alpha value is -2.61. The van der Waals surface area contributed by atoms with Crippen LogP contribution in [-0.2, 0) is 0 Å². The topological polar surface area (TPSA) is 22.0 Å². The van der Waals surface area contributed by atoms with Crippen LogP contribution in [0.2, 0.25) is 0 Å². The summed E-state index contributed by atoms with van der Waals surface area (Å²) in [5.41, 5.74) is 3.99. The van der Waals surface area contributed by atoms with Crippen molar-refractivity contribution in [2.45, 2.75) is 6.92 Å². The molecule has 0 aliphatic rings. The number of pyridine rings is 1. The van der Waals surface area contributed by atoms with Crippen molar-refractivity contribution in [2.75, 3.05) is 0 Å². The van der Waals surface area contributed by atoms with Gasteiger partial charge in [-0.05, 0) is 24.6 Å². The van der Waals surface area contributed by atoms with E-state index in [1.54, 1.807) is 12.1 Å². The first kappa shape index (κ1) is 12.4. The molecule has 3 rings (SSSR count). The third-order valence-corrected chi connectivity index (χ3v) is 3.31. The Morgan fingerprint density at radius 3 is 2.05 bits per heavy atom. The maximum absolute atomic E-state index is 11.9. The van der Waals surface area contributed by atoms with Gasteiger partial charge in [0, 0.05) is 23.5 Å². The molecule has 0 spiro atoms. The van der Waals surface area contributed by atoms with Crippen LogP contribution >= 0.6 is 0 Å². The molecule has 0 saturated heterocycles. The van der Waals surface area contributed by atoms with E-state index in [9.17, 15) is 4.79 Å². The van der Waals surface area contributed by atoms with Gasteiger partial charge in [0.2, 0.25) is 0 Å². The fraction of sp³-hybridized carbons (Fsp3) is 0.0556. The summed E-state index contributed by atoms with van der Waals surface area (Å²) in [6.07, 6.45) is 0. The molecule has 0 N–H and O–H groups in total. The summed E-state index contributed by atoms with van der Waals surface area (Å²) in [6.45, 7) is 1.96. The zero-order chi connectivity index (χ0) is 13.9. The van der Waals surface area contributed by atoms with Crippen molar-refractivity contribution < 1.29 is 0 Å². The second-order valence-corrected chi connectivity index (χ2v) is 4.75. The minimum absolute atomic E-state index is 0.0357. The highest BCUT2D eigenvalue weighted by Gasteiger charge is 2.08. The number of hydrogen-bond acceptors (Lipinski definition) is 1. The van der Waals surface area contributed by atoms with Crippen molar-refractivity contribution in [2.24, 2.45) is 0 Å². The molecule has 0 bridgehead atoms. The molecule has 0 saturated carbocycles. The first-order valence-corrected chi connectivity index (χ1v) is 6.60. The number of aryl methyl sites for hydroxylation is 1. The van der Waals surface area contributed by atoms with Gasteiger partial charge in [-0.2, -0.15) is 0 Å². The first-order chi connectivity index (χ1) is 9.75. The van der Waals surface area contributed by atoms with Gasteiger partial charge in [0.15, 0.2) is 5.43 Å². The molecule has 0 radical (unpaired) electrons. The van der Waals surface area contributed by atoms with Gasteiger partial charge in [-0.25, -0.2) is 0 Å². The van der Waals surface area contributed by atoms with E-state index in [0.717, 1.165) is 22.6 Å². The van der Waals surface area contributed by atoms with Crippen LogP contribution in [0.4, 0.5) is 0 Å². The standard InChI is InChI=1S/C18H15NO/c1-14-12-17(20)13-18(15-8-4-2-5-9-15)19(14)16-10-6-3-7-11-16/h2-13H,1H3. The van der Waals surface area contributed by atoms with Crippen molar-refractivity contribution in [3.8, 4) is 16.9 Å². The average molecular weight is 261 g/mol. The molecule has 1 aromatic heterocycles. The van der Waals surface area contributed by atoms with Crippen LogP contribution in [0, 0.1) is 6.92 Å². The van der Waals surface area contributed by atoms with Crippen molar-refractivity contribution in [1.29, 1.82) is 0 Å². The SMILES string of the molecule is Cc1cc(=O)cc(-c2ccccc2)n1-c1ccccc1. The lowest BCUT2D eigenvalue weighted by atomic mass is 10.1. The van der Waals surface area contributed by atoms with Gasteiger partial charge in [-0.3, -0.25) is 4.79 Å². The molecule has 0 unspecified atom stereocenters. The highest BCUT2D eigenvalue weighted by Crippen LogP contribution is 2.23. The molecule has 0 aliphatic heterocycles. The molecule has 20 heavy (non-hydrogen) atoms. The molecule has 2 aromatic carbocycles. The van der Waals surface area contributed by atoms with Gasteiger partial charge in [0.25, 0.3) is 0 Å². The maximum atomic E-state index is 11.9. The Labute approximate surface area is 118 Å². The number of rotatable bonds is 2. The fourth-order valence-electron chi connectivity index (χ4n) is 2.44. The summed E-state index contributed by atoms with van der Waals surface area (Å²) >= 11 is 0. The van der Waals surface area contributed by atoms with E-state index < -0.39 is 0 Å². The average Bonchev–Trinajstić information content (AvgIpc) is 2.48. The van der Waals surface area contributed by atoms with Crippen LogP contribution in [0.25, 0.3) is 16.9 Å². The minimum Gasteiger partial charge on any atom is -0.314 e. The lowest BCUT2D eigenvalue weighted by Crippen LogP contribution is -2.11. The molecule has 2 nitrogen and oxygen atoms in total. The summed E-state index contributed by atoms with van der Waals surface area (Å²) in [5, 5.41) is 0. The van der Waals surface area contributed by atoms with Crippen LogP contribution in [0.3, 0.4) is 0 Å². The van der Waals surface area contributed by atoms with E-state index in [1.165, 1.54) is 0 Å². The van der Waals surface area contributed by atoms with E-state index in [2.05, 4.69) is 4.57 Å². The summed E-state index contributed by atoms with van der Waals surface area (Å²) in [7, 11) is 0. The lowest BCUT2D eigenvalue weighted by molar-refractivity contribution is 0.983. The Morgan fingerprint density at radius 1 is 0.800 bits per heavy atom. The summed E-state index contributed by atoms with van der Waals surface area (Å²) in [5.74, 6) is 0. The Morgan fingerprint density at radius 2 is 1.40 bits per heavy atom. The highest BCUT2D eigenvalue weighted by molar-refractivity contribution is 5.63. The second kappa shape index (κ2) is 5.17. The summed E-state index contributed by atoms with van der Waals surface area (Å²) in [4.78, 5) is 11.9. The molecule has 1 heterocycles.